The van der Waals surface area contributed by atoms with Gasteiger partial charge in [-0.05, 0) is 25.1 Å². The minimum Gasteiger partial charge on any atom is -0.507 e. The number of benzene rings is 2. The Labute approximate surface area is 248 Å². The molecular weight excluding hydrogens is 592 g/mol. The number of methoxy groups -OCH3 is 1. The van der Waals surface area contributed by atoms with Crippen LogP contribution < -0.4 is 19.6 Å². The first-order chi connectivity index (χ1) is 20.9. The summed E-state index contributed by atoms with van der Waals surface area (Å²) in [6, 6.07) is 6.06. The van der Waals surface area contributed by atoms with Gasteiger partial charge in [0.15, 0.2) is 17.3 Å². The highest BCUT2D eigenvalue weighted by Crippen LogP contribution is 2.40. The van der Waals surface area contributed by atoms with Crippen molar-refractivity contribution in [2.24, 2.45) is 0 Å². The van der Waals surface area contributed by atoms with Gasteiger partial charge in [0.05, 0.1) is 19.8 Å². The average molecular weight is 625 g/mol. The van der Waals surface area contributed by atoms with Crippen molar-refractivity contribution in [2.45, 2.75) is 68.3 Å². The van der Waals surface area contributed by atoms with Crippen molar-refractivity contribution in [2.75, 3.05) is 13.7 Å². The van der Waals surface area contributed by atoms with E-state index >= 15 is 0 Å². The summed E-state index contributed by atoms with van der Waals surface area (Å²) in [5.41, 5.74) is -1.13. The topological polar surface area (TPSA) is 258 Å². The van der Waals surface area contributed by atoms with Crippen molar-refractivity contribution >= 4 is 11.0 Å². The van der Waals surface area contributed by atoms with Crippen LogP contribution in [0.3, 0.4) is 0 Å². The van der Waals surface area contributed by atoms with Gasteiger partial charge >= 0.3 is 0 Å². The number of phenols is 2. The van der Waals surface area contributed by atoms with Crippen LogP contribution >= 0.6 is 0 Å². The van der Waals surface area contributed by atoms with E-state index in [-0.39, 0.29) is 34.2 Å². The molecule has 3 aromatic rings. The third-order valence-corrected chi connectivity index (χ3v) is 7.47. The van der Waals surface area contributed by atoms with E-state index in [1.165, 1.54) is 38.3 Å². The molecule has 44 heavy (non-hydrogen) atoms. The molecule has 0 amide bonds. The Bertz CT molecular complexity index is 1560. The third-order valence-electron chi connectivity index (χ3n) is 7.47. The molecule has 0 spiro atoms. The summed E-state index contributed by atoms with van der Waals surface area (Å²) < 4.78 is 33.3. The molecule has 2 aliphatic rings. The van der Waals surface area contributed by atoms with E-state index < -0.39 is 90.3 Å². The monoisotopic (exact) mass is 624 g/mol. The molecule has 16 nitrogen and oxygen atoms in total. The first kappa shape index (κ1) is 31.7. The number of hydrogen-bond acceptors (Lipinski definition) is 16. The SMILES string of the molecule is COc1cc(-c2oc3cc(OC4OC(C)C(O)C(O)C4O)cc(O)c3c(=O)c2OC2OC(C(O)CO)C(O)C2O)ccc1O. The van der Waals surface area contributed by atoms with Gasteiger partial charge in [-0.2, -0.15) is 0 Å². The van der Waals surface area contributed by atoms with Crippen molar-refractivity contribution in [1.82, 2.24) is 0 Å². The maximum atomic E-state index is 13.8. The molecule has 10 atom stereocenters. The van der Waals surface area contributed by atoms with Gasteiger partial charge in [-0.1, -0.05) is 0 Å². The third kappa shape index (κ3) is 5.63. The fraction of sp³-hybridized carbons (Fsp3) is 0.464. The standard InChI is InChI=1S/C28H32O16/c1-9-18(33)20(35)22(37)27(40-9)41-11-6-13(31)17-16(7-11)42-24(10-3-4-12(30)15(5-10)39-2)26(19(17)34)44-28-23(38)21(36)25(43-28)14(32)8-29/h3-7,9,14,18,20-23,25,27-33,35-38H,8H2,1-2H3. The number of hydrogen-bond donors (Lipinski definition) is 9. The van der Waals surface area contributed by atoms with Crippen LogP contribution in [0.5, 0.6) is 28.7 Å². The Hall–Kier alpha value is -3.71. The number of aliphatic hydroxyl groups excluding tert-OH is 7. The zero-order valence-electron chi connectivity index (χ0n) is 23.3. The van der Waals surface area contributed by atoms with Crippen LogP contribution in [0.1, 0.15) is 6.92 Å². The molecule has 0 radical (unpaired) electrons. The number of ether oxygens (including phenoxy) is 5. The van der Waals surface area contributed by atoms with Crippen molar-refractivity contribution in [1.29, 1.82) is 0 Å². The number of phenolic OH excluding ortho intramolecular Hbond substituents is 2. The molecule has 2 aliphatic heterocycles. The number of aliphatic hydroxyl groups is 7. The van der Waals surface area contributed by atoms with Crippen LogP contribution in [0.15, 0.2) is 39.5 Å². The molecule has 0 saturated carbocycles. The Morgan fingerprint density at radius 1 is 0.864 bits per heavy atom. The molecule has 9 N–H and O–H groups in total. The van der Waals surface area contributed by atoms with Crippen LogP contribution in [0, 0.1) is 0 Å². The zero-order chi connectivity index (χ0) is 32.0. The Kier molecular flexibility index (Phi) is 8.90. The van der Waals surface area contributed by atoms with Gasteiger partial charge in [0.1, 0.15) is 65.2 Å². The van der Waals surface area contributed by atoms with Crippen LogP contribution in [-0.2, 0) is 9.47 Å². The fourth-order valence-electron chi connectivity index (χ4n) is 4.99. The highest BCUT2D eigenvalue weighted by molar-refractivity contribution is 5.88. The molecular formula is C28H32O16. The molecule has 0 aliphatic carbocycles. The van der Waals surface area contributed by atoms with Crippen LogP contribution in [0.25, 0.3) is 22.3 Å². The molecule has 2 aromatic carbocycles. The lowest BCUT2D eigenvalue weighted by Crippen LogP contribution is -2.58. The lowest BCUT2D eigenvalue weighted by atomic mass is 10.00. The second kappa shape index (κ2) is 12.4. The summed E-state index contributed by atoms with van der Waals surface area (Å²) in [4.78, 5) is 13.8. The Morgan fingerprint density at radius 3 is 2.23 bits per heavy atom. The van der Waals surface area contributed by atoms with Gasteiger partial charge < -0.3 is 74.1 Å². The van der Waals surface area contributed by atoms with Gasteiger partial charge in [0.2, 0.25) is 23.8 Å². The molecule has 16 heteroatoms. The van der Waals surface area contributed by atoms with E-state index in [1.54, 1.807) is 0 Å². The molecule has 2 saturated heterocycles. The molecule has 3 heterocycles. The van der Waals surface area contributed by atoms with E-state index in [9.17, 15) is 50.8 Å². The maximum Gasteiger partial charge on any atom is 0.239 e. The van der Waals surface area contributed by atoms with Gasteiger partial charge in [-0.3, -0.25) is 4.79 Å². The predicted octanol–water partition coefficient (Wildman–Crippen LogP) is -1.74. The van der Waals surface area contributed by atoms with Gasteiger partial charge in [0, 0.05) is 17.7 Å². The summed E-state index contributed by atoms with van der Waals surface area (Å²) in [6.07, 6.45) is -15.4. The number of fused-ring (bicyclic) bond motifs is 1. The summed E-state index contributed by atoms with van der Waals surface area (Å²) in [6.45, 7) is 0.640. The van der Waals surface area contributed by atoms with E-state index in [0.717, 1.165) is 6.07 Å². The Balaban J connectivity index is 1.60. The van der Waals surface area contributed by atoms with Crippen LogP contribution in [-0.4, -0.2) is 121 Å². The largest absolute Gasteiger partial charge is 0.507 e. The van der Waals surface area contributed by atoms with Crippen molar-refractivity contribution < 1.29 is 74.1 Å². The van der Waals surface area contributed by atoms with E-state index in [2.05, 4.69) is 0 Å². The molecule has 240 valence electrons. The molecule has 0 bridgehead atoms. The summed E-state index contributed by atoms with van der Waals surface area (Å²) >= 11 is 0. The molecule has 5 rings (SSSR count). The fourth-order valence-corrected chi connectivity index (χ4v) is 4.99. The Morgan fingerprint density at radius 2 is 1.55 bits per heavy atom. The number of aromatic hydroxyl groups is 2. The highest BCUT2D eigenvalue weighted by atomic mass is 16.7. The van der Waals surface area contributed by atoms with Crippen molar-refractivity contribution in [3.8, 4) is 40.1 Å². The molecule has 2 fully saturated rings. The molecule has 1 aromatic heterocycles. The summed E-state index contributed by atoms with van der Waals surface area (Å²) in [7, 11) is 1.28. The maximum absolute atomic E-state index is 13.8. The lowest BCUT2D eigenvalue weighted by molar-refractivity contribution is -0.268. The summed E-state index contributed by atoms with van der Waals surface area (Å²) in [5, 5.41) is 91.0. The van der Waals surface area contributed by atoms with Crippen LogP contribution in [0.2, 0.25) is 0 Å². The minimum atomic E-state index is -1.79. The van der Waals surface area contributed by atoms with E-state index in [4.69, 9.17) is 28.1 Å². The highest BCUT2D eigenvalue weighted by Gasteiger charge is 2.48. The van der Waals surface area contributed by atoms with Crippen molar-refractivity contribution in [3.05, 3.63) is 40.6 Å². The minimum absolute atomic E-state index is 0.0202. The van der Waals surface area contributed by atoms with E-state index in [1.807, 2.05) is 0 Å². The molecule has 10 unspecified atom stereocenters. The quantitative estimate of drug-likeness (QED) is 0.135. The average Bonchev–Trinajstić information content (AvgIpc) is 3.28. The van der Waals surface area contributed by atoms with Crippen molar-refractivity contribution in [3.63, 3.8) is 0 Å². The predicted molar refractivity (Wildman–Crippen MR) is 145 cm³/mol. The zero-order valence-corrected chi connectivity index (χ0v) is 23.3. The van der Waals surface area contributed by atoms with Gasteiger partial charge in [-0.15, -0.1) is 0 Å². The second-order valence-corrected chi connectivity index (χ2v) is 10.4. The first-order valence-corrected chi connectivity index (χ1v) is 13.4. The second-order valence-electron chi connectivity index (χ2n) is 10.4. The van der Waals surface area contributed by atoms with Gasteiger partial charge in [0.25, 0.3) is 0 Å². The first-order valence-electron chi connectivity index (χ1n) is 13.4. The van der Waals surface area contributed by atoms with Crippen LogP contribution in [0.4, 0.5) is 0 Å². The smallest absolute Gasteiger partial charge is 0.239 e. The summed E-state index contributed by atoms with van der Waals surface area (Å²) in [5.74, 6) is -2.03. The normalized spacial score (nSPS) is 31.2. The number of rotatable bonds is 8. The van der Waals surface area contributed by atoms with Gasteiger partial charge in [-0.25, -0.2) is 0 Å². The van der Waals surface area contributed by atoms with E-state index in [0.29, 0.717) is 0 Å². The lowest BCUT2D eigenvalue weighted by Gasteiger charge is -2.38.